The van der Waals surface area contributed by atoms with Crippen molar-refractivity contribution in [3.05, 3.63) is 101 Å². The molecular weight excluding hydrogens is 452 g/mol. The van der Waals surface area contributed by atoms with Crippen molar-refractivity contribution in [2.45, 2.75) is 31.9 Å². The predicted octanol–water partition coefficient (Wildman–Crippen LogP) is 5.98. The molecule has 182 valence electrons. The zero-order chi connectivity index (χ0) is 24.8. The first-order valence-corrected chi connectivity index (χ1v) is 12.1. The van der Waals surface area contributed by atoms with Gasteiger partial charge in [0.25, 0.3) is 0 Å². The molecule has 1 N–H and O–H groups in total. The van der Waals surface area contributed by atoms with Crippen molar-refractivity contribution in [1.29, 1.82) is 0 Å². The van der Waals surface area contributed by atoms with E-state index in [1.54, 1.807) is 20.5 Å². The molecule has 0 aliphatic carbocycles. The van der Waals surface area contributed by atoms with Crippen molar-refractivity contribution >= 4 is 11.6 Å². The minimum atomic E-state index is -0.421. The molecule has 0 saturated carbocycles. The molecule has 2 atom stereocenters. The van der Waals surface area contributed by atoms with E-state index < -0.39 is 6.10 Å². The highest BCUT2D eigenvalue weighted by Crippen LogP contribution is 2.52. The van der Waals surface area contributed by atoms with Gasteiger partial charge in [-0.25, -0.2) is 4.68 Å². The fraction of sp³-hybridized carbons (Fsp3) is 0.241. The van der Waals surface area contributed by atoms with Crippen molar-refractivity contribution in [3.63, 3.8) is 0 Å². The van der Waals surface area contributed by atoms with E-state index in [4.69, 9.17) is 14.2 Å². The number of rotatable bonds is 5. The average molecular weight is 481 g/mol. The molecule has 6 rings (SSSR count). The number of benzene rings is 3. The topological polar surface area (TPSA) is 70.4 Å². The Kier molecular flexibility index (Phi) is 5.40. The van der Waals surface area contributed by atoms with Crippen LogP contribution >= 0.6 is 0 Å². The van der Waals surface area contributed by atoms with Gasteiger partial charge in [0.2, 0.25) is 5.95 Å². The number of nitrogens with one attached hydrogen (secondary N) is 1. The maximum absolute atomic E-state index is 6.73. The molecule has 0 fully saturated rings. The van der Waals surface area contributed by atoms with E-state index in [-0.39, 0.29) is 6.04 Å². The number of hydrogen-bond acceptors (Lipinski definition) is 6. The minimum Gasteiger partial charge on any atom is -0.497 e. The van der Waals surface area contributed by atoms with Crippen LogP contribution in [0.3, 0.4) is 0 Å². The number of nitrogens with zero attached hydrogens (tertiary/aromatic N) is 3. The molecule has 0 unspecified atom stereocenters. The lowest BCUT2D eigenvalue weighted by Crippen LogP contribution is -2.32. The van der Waals surface area contributed by atoms with Gasteiger partial charge >= 0.3 is 0 Å². The van der Waals surface area contributed by atoms with E-state index >= 15 is 0 Å². The molecule has 0 radical (unpaired) electrons. The Morgan fingerprint density at radius 1 is 0.972 bits per heavy atom. The number of para-hydroxylation sites is 1. The van der Waals surface area contributed by atoms with Crippen molar-refractivity contribution in [1.82, 2.24) is 14.8 Å². The van der Waals surface area contributed by atoms with Crippen LogP contribution in [0, 0.1) is 0 Å². The van der Waals surface area contributed by atoms with Gasteiger partial charge in [-0.05, 0) is 41.3 Å². The Balaban J connectivity index is 1.59. The molecule has 0 spiro atoms. The van der Waals surface area contributed by atoms with Gasteiger partial charge in [-0.1, -0.05) is 50.2 Å². The molecule has 0 bridgehead atoms. The summed E-state index contributed by atoms with van der Waals surface area (Å²) in [5, 5.41) is 8.17. The van der Waals surface area contributed by atoms with E-state index in [9.17, 15) is 0 Å². The molecular formula is C29H28N4O3. The van der Waals surface area contributed by atoms with Crippen LogP contribution in [-0.4, -0.2) is 29.0 Å². The summed E-state index contributed by atoms with van der Waals surface area (Å²) in [6.45, 7) is 4.40. The number of anilines is 1. The van der Waals surface area contributed by atoms with E-state index in [1.807, 2.05) is 41.1 Å². The van der Waals surface area contributed by atoms with Crippen LogP contribution in [-0.2, 0) is 0 Å². The Bertz CT molecular complexity index is 1460. The second-order valence-corrected chi connectivity index (χ2v) is 9.31. The molecule has 7 heteroatoms. The predicted molar refractivity (Wildman–Crippen MR) is 139 cm³/mol. The molecule has 4 aromatic rings. The highest BCUT2D eigenvalue weighted by molar-refractivity contribution is 5.85. The van der Waals surface area contributed by atoms with Crippen LogP contribution in [0.5, 0.6) is 17.2 Å². The summed E-state index contributed by atoms with van der Waals surface area (Å²) < 4.78 is 19.9. The molecule has 36 heavy (non-hydrogen) atoms. The van der Waals surface area contributed by atoms with Gasteiger partial charge in [0.1, 0.15) is 29.6 Å². The standard InChI is InChI=1S/C29H28N4O3/c1-17(2)18-9-11-19(12-10-18)27-25-26(32-29-30-16-31-33(27)29)21-7-5-6-8-23(21)36-28(25)22-14-13-20(34-3)15-24(22)35-4/h5-17,27-28H,1-4H3,(H,30,31,32)/t27-,28+/m0/s1. The third-order valence-electron chi connectivity index (χ3n) is 6.96. The number of aromatic nitrogens is 3. The zero-order valence-corrected chi connectivity index (χ0v) is 20.7. The summed E-state index contributed by atoms with van der Waals surface area (Å²) in [5.41, 5.74) is 6.34. The molecule has 2 aliphatic heterocycles. The van der Waals surface area contributed by atoms with Crippen LogP contribution in [0.4, 0.5) is 5.95 Å². The maximum Gasteiger partial charge on any atom is 0.226 e. The molecule has 7 nitrogen and oxygen atoms in total. The van der Waals surface area contributed by atoms with Crippen LogP contribution in [0.25, 0.3) is 5.70 Å². The first-order chi connectivity index (χ1) is 17.6. The summed E-state index contributed by atoms with van der Waals surface area (Å²) in [6, 6.07) is 22.5. The quantitative estimate of drug-likeness (QED) is 0.379. The Labute approximate surface area is 210 Å². The summed E-state index contributed by atoms with van der Waals surface area (Å²) in [6.07, 6.45) is 1.17. The largest absolute Gasteiger partial charge is 0.497 e. The Hall–Kier alpha value is -4.26. The second-order valence-electron chi connectivity index (χ2n) is 9.31. The number of methoxy groups -OCH3 is 2. The van der Waals surface area contributed by atoms with Crippen molar-refractivity contribution in [2.24, 2.45) is 0 Å². The molecule has 1 aromatic heterocycles. The molecule has 0 amide bonds. The normalized spacial score (nSPS) is 18.0. The minimum absolute atomic E-state index is 0.217. The van der Waals surface area contributed by atoms with Gasteiger partial charge in [-0.15, -0.1) is 0 Å². The first kappa shape index (κ1) is 22.2. The zero-order valence-electron chi connectivity index (χ0n) is 20.7. The van der Waals surface area contributed by atoms with Gasteiger partial charge in [0, 0.05) is 22.8 Å². The number of fused-ring (bicyclic) bond motifs is 3. The summed E-state index contributed by atoms with van der Waals surface area (Å²) in [7, 11) is 3.32. The number of ether oxygens (including phenoxy) is 3. The fourth-order valence-corrected chi connectivity index (χ4v) is 5.09. The van der Waals surface area contributed by atoms with E-state index in [2.05, 4.69) is 59.6 Å². The van der Waals surface area contributed by atoms with E-state index in [1.165, 1.54) is 5.56 Å². The lowest BCUT2D eigenvalue weighted by molar-refractivity contribution is 0.217. The van der Waals surface area contributed by atoms with Crippen LogP contribution in [0.15, 0.2) is 78.6 Å². The van der Waals surface area contributed by atoms with E-state index in [0.717, 1.165) is 39.5 Å². The lowest BCUT2D eigenvalue weighted by Gasteiger charge is -2.39. The fourth-order valence-electron chi connectivity index (χ4n) is 5.09. The van der Waals surface area contributed by atoms with Gasteiger partial charge < -0.3 is 19.5 Å². The van der Waals surface area contributed by atoms with Crippen molar-refractivity contribution < 1.29 is 14.2 Å². The Morgan fingerprint density at radius 2 is 1.78 bits per heavy atom. The molecule has 3 heterocycles. The van der Waals surface area contributed by atoms with Crippen molar-refractivity contribution in [2.75, 3.05) is 19.5 Å². The SMILES string of the molecule is COc1ccc([C@H]2Oc3ccccc3C3=C2[C@H](c2ccc(C(C)C)cc2)n2ncnc2N3)c(OC)c1. The smallest absolute Gasteiger partial charge is 0.226 e. The van der Waals surface area contributed by atoms with Crippen LogP contribution in [0.2, 0.25) is 0 Å². The van der Waals surface area contributed by atoms with E-state index in [0.29, 0.717) is 17.6 Å². The third kappa shape index (κ3) is 3.50. The molecule has 0 saturated heterocycles. The van der Waals surface area contributed by atoms with Crippen LogP contribution in [0.1, 0.15) is 54.2 Å². The third-order valence-corrected chi connectivity index (χ3v) is 6.96. The Morgan fingerprint density at radius 3 is 2.53 bits per heavy atom. The average Bonchev–Trinajstić information content (AvgIpc) is 3.39. The van der Waals surface area contributed by atoms with Gasteiger partial charge in [-0.3, -0.25) is 0 Å². The first-order valence-electron chi connectivity index (χ1n) is 12.1. The van der Waals surface area contributed by atoms with Crippen molar-refractivity contribution in [3.8, 4) is 17.2 Å². The monoisotopic (exact) mass is 480 g/mol. The molecule has 3 aromatic carbocycles. The highest BCUT2D eigenvalue weighted by Gasteiger charge is 2.41. The second kappa shape index (κ2) is 8.75. The summed E-state index contributed by atoms with van der Waals surface area (Å²) >= 11 is 0. The van der Waals surface area contributed by atoms with Gasteiger partial charge in [-0.2, -0.15) is 10.1 Å². The lowest BCUT2D eigenvalue weighted by atomic mass is 9.84. The highest BCUT2D eigenvalue weighted by atomic mass is 16.5. The van der Waals surface area contributed by atoms with Gasteiger partial charge in [0.15, 0.2) is 6.10 Å². The molecule has 2 aliphatic rings. The summed E-state index contributed by atoms with van der Waals surface area (Å²) in [5.74, 6) is 3.37. The van der Waals surface area contributed by atoms with Gasteiger partial charge in [0.05, 0.1) is 19.9 Å². The van der Waals surface area contributed by atoms with Crippen LogP contribution < -0.4 is 19.5 Å². The summed E-state index contributed by atoms with van der Waals surface area (Å²) in [4.78, 5) is 4.52. The number of hydrogen-bond donors (Lipinski definition) is 1. The maximum atomic E-state index is 6.73.